The van der Waals surface area contributed by atoms with Crippen molar-refractivity contribution in [1.82, 2.24) is 44.7 Å². The van der Waals surface area contributed by atoms with E-state index in [0.29, 0.717) is 17.3 Å². The van der Waals surface area contributed by atoms with E-state index in [1.165, 1.54) is 0 Å². The Kier molecular flexibility index (Phi) is 3.48. The van der Waals surface area contributed by atoms with Gasteiger partial charge >= 0.3 is 0 Å². The van der Waals surface area contributed by atoms with Gasteiger partial charge in [-0.15, -0.1) is 0 Å². The average Bonchev–Trinajstić information content (AvgIpc) is 3.51. The SMILES string of the molecule is Cc1cn(-c2nccc3[nH]c(-c4[nH]nc5ncc(-c6cccnc6)cc45)nc23)cn1. The minimum absolute atomic E-state index is 0.627. The van der Waals surface area contributed by atoms with E-state index in [0.717, 1.165) is 38.9 Å². The van der Waals surface area contributed by atoms with Crippen LogP contribution < -0.4 is 0 Å². The highest BCUT2D eigenvalue weighted by Gasteiger charge is 2.16. The van der Waals surface area contributed by atoms with Gasteiger partial charge < -0.3 is 4.98 Å². The van der Waals surface area contributed by atoms with E-state index in [4.69, 9.17) is 4.98 Å². The van der Waals surface area contributed by atoms with E-state index in [1.54, 1.807) is 24.9 Å². The number of fused-ring (bicyclic) bond motifs is 2. The van der Waals surface area contributed by atoms with Crippen molar-refractivity contribution in [2.24, 2.45) is 0 Å². The van der Waals surface area contributed by atoms with Gasteiger partial charge in [-0.1, -0.05) is 6.07 Å². The zero-order valence-electron chi connectivity index (χ0n) is 15.9. The number of hydrogen-bond acceptors (Lipinski definition) is 6. The minimum Gasteiger partial charge on any atom is -0.336 e. The van der Waals surface area contributed by atoms with Crippen molar-refractivity contribution in [2.75, 3.05) is 0 Å². The molecule has 2 N–H and O–H groups in total. The monoisotopic (exact) mass is 393 g/mol. The van der Waals surface area contributed by atoms with E-state index in [2.05, 4.69) is 35.1 Å². The van der Waals surface area contributed by atoms with Crippen LogP contribution in [-0.4, -0.2) is 44.7 Å². The summed E-state index contributed by atoms with van der Waals surface area (Å²) in [4.78, 5) is 25.7. The van der Waals surface area contributed by atoms with Gasteiger partial charge in [-0.2, -0.15) is 5.10 Å². The standard InChI is InChI=1S/C21H15N9/c1-12-10-30(11-25-12)21-18-16(4-6-23-21)26-20(27-18)17-15-7-14(9-24-19(15)29-28-17)13-3-2-5-22-8-13/h2-11H,1H3,(H,26,27)(H,24,28,29). The highest BCUT2D eigenvalue weighted by atomic mass is 15.2. The largest absolute Gasteiger partial charge is 0.336 e. The fourth-order valence-electron chi connectivity index (χ4n) is 3.54. The van der Waals surface area contributed by atoms with Gasteiger partial charge in [0.2, 0.25) is 0 Å². The number of aromatic amines is 2. The molecule has 144 valence electrons. The van der Waals surface area contributed by atoms with Gasteiger partial charge in [-0.3, -0.25) is 14.6 Å². The maximum absolute atomic E-state index is 4.82. The quantitative estimate of drug-likeness (QED) is 0.476. The molecule has 30 heavy (non-hydrogen) atoms. The molecule has 0 bridgehead atoms. The molecule has 0 amide bonds. The van der Waals surface area contributed by atoms with Crippen molar-refractivity contribution in [3.05, 3.63) is 67.3 Å². The van der Waals surface area contributed by atoms with Crippen LogP contribution in [0.2, 0.25) is 0 Å². The Morgan fingerprint density at radius 3 is 2.80 bits per heavy atom. The fourth-order valence-corrected chi connectivity index (χ4v) is 3.54. The third-order valence-corrected chi connectivity index (χ3v) is 4.98. The maximum atomic E-state index is 4.82. The summed E-state index contributed by atoms with van der Waals surface area (Å²) in [5, 5.41) is 8.29. The molecule has 6 rings (SSSR count). The Balaban J connectivity index is 1.52. The number of aryl methyl sites for hydroxylation is 1. The second-order valence-corrected chi connectivity index (χ2v) is 6.97. The molecule has 0 aliphatic rings. The fraction of sp³-hybridized carbons (Fsp3) is 0.0476. The van der Waals surface area contributed by atoms with Crippen LogP contribution in [0.4, 0.5) is 0 Å². The van der Waals surface area contributed by atoms with Gasteiger partial charge in [0, 0.05) is 42.1 Å². The summed E-state index contributed by atoms with van der Waals surface area (Å²) in [7, 11) is 0. The smallest absolute Gasteiger partial charge is 0.181 e. The number of aromatic nitrogens is 9. The number of rotatable bonds is 3. The van der Waals surface area contributed by atoms with Crippen molar-refractivity contribution in [2.45, 2.75) is 6.92 Å². The maximum Gasteiger partial charge on any atom is 0.181 e. The number of H-pyrrole nitrogens is 2. The molecule has 0 aliphatic carbocycles. The Morgan fingerprint density at radius 2 is 1.97 bits per heavy atom. The van der Waals surface area contributed by atoms with Gasteiger partial charge in [-0.25, -0.2) is 19.9 Å². The molecule has 0 aromatic carbocycles. The molecule has 9 heteroatoms. The molecule has 0 spiro atoms. The zero-order valence-corrected chi connectivity index (χ0v) is 15.9. The van der Waals surface area contributed by atoms with E-state index < -0.39 is 0 Å². The molecule has 6 heterocycles. The van der Waals surface area contributed by atoms with Crippen LogP contribution in [0.15, 0.2) is 61.6 Å². The highest BCUT2D eigenvalue weighted by Crippen LogP contribution is 2.29. The summed E-state index contributed by atoms with van der Waals surface area (Å²) in [6.45, 7) is 1.94. The molecular formula is C21H15N9. The number of nitrogens with one attached hydrogen (secondary N) is 2. The topological polar surface area (TPSA) is 114 Å². The number of imidazole rings is 2. The lowest BCUT2D eigenvalue weighted by Crippen LogP contribution is -1.95. The predicted octanol–water partition coefficient (Wildman–Crippen LogP) is 3.45. The van der Waals surface area contributed by atoms with Gasteiger partial charge in [0.05, 0.1) is 16.6 Å². The molecule has 0 saturated carbocycles. The normalized spacial score (nSPS) is 11.5. The van der Waals surface area contributed by atoms with Gasteiger partial charge in [0.1, 0.15) is 17.5 Å². The van der Waals surface area contributed by atoms with Crippen molar-refractivity contribution in [3.8, 4) is 28.5 Å². The van der Waals surface area contributed by atoms with E-state index in [9.17, 15) is 0 Å². The number of pyridine rings is 3. The first-order valence-corrected chi connectivity index (χ1v) is 9.37. The van der Waals surface area contributed by atoms with E-state index in [1.807, 2.05) is 48.1 Å². The lowest BCUT2D eigenvalue weighted by molar-refractivity contribution is 1.00. The second-order valence-electron chi connectivity index (χ2n) is 6.97. The summed E-state index contributed by atoms with van der Waals surface area (Å²) in [5.74, 6) is 1.39. The van der Waals surface area contributed by atoms with Gasteiger partial charge in [-0.05, 0) is 25.1 Å². The Labute approximate surface area is 169 Å². The van der Waals surface area contributed by atoms with Crippen molar-refractivity contribution >= 4 is 22.1 Å². The van der Waals surface area contributed by atoms with Crippen molar-refractivity contribution in [1.29, 1.82) is 0 Å². The van der Waals surface area contributed by atoms with Crippen molar-refractivity contribution in [3.63, 3.8) is 0 Å². The van der Waals surface area contributed by atoms with Gasteiger partial charge in [0.15, 0.2) is 17.3 Å². The molecule has 0 aliphatic heterocycles. The third-order valence-electron chi connectivity index (χ3n) is 4.98. The molecule has 0 saturated heterocycles. The Hall–Kier alpha value is -4.40. The van der Waals surface area contributed by atoms with Crippen LogP contribution in [0.3, 0.4) is 0 Å². The van der Waals surface area contributed by atoms with Gasteiger partial charge in [0.25, 0.3) is 0 Å². The second kappa shape index (κ2) is 6.31. The Bertz CT molecular complexity index is 1510. The molecule has 0 atom stereocenters. The first-order valence-electron chi connectivity index (χ1n) is 9.37. The summed E-state index contributed by atoms with van der Waals surface area (Å²) >= 11 is 0. The van der Waals surface area contributed by atoms with Crippen LogP contribution in [-0.2, 0) is 0 Å². The van der Waals surface area contributed by atoms with Crippen LogP contribution in [0.25, 0.3) is 50.5 Å². The van der Waals surface area contributed by atoms with Crippen molar-refractivity contribution < 1.29 is 0 Å². The van der Waals surface area contributed by atoms with Crippen LogP contribution >= 0.6 is 0 Å². The number of nitrogens with zero attached hydrogens (tertiary/aromatic N) is 7. The lowest BCUT2D eigenvalue weighted by atomic mass is 10.1. The first-order chi connectivity index (χ1) is 14.8. The molecule has 9 nitrogen and oxygen atoms in total. The summed E-state index contributed by atoms with van der Waals surface area (Å²) in [5.41, 5.74) is 5.90. The zero-order chi connectivity index (χ0) is 20.1. The van der Waals surface area contributed by atoms with Crippen LogP contribution in [0.5, 0.6) is 0 Å². The average molecular weight is 393 g/mol. The summed E-state index contributed by atoms with van der Waals surface area (Å²) < 4.78 is 1.87. The van der Waals surface area contributed by atoms with Crippen LogP contribution in [0.1, 0.15) is 5.69 Å². The molecule has 6 aromatic rings. The van der Waals surface area contributed by atoms with E-state index in [-0.39, 0.29) is 0 Å². The highest BCUT2D eigenvalue weighted by molar-refractivity contribution is 5.94. The molecule has 0 fully saturated rings. The number of hydrogen-bond donors (Lipinski definition) is 2. The molecule has 0 radical (unpaired) electrons. The first kappa shape index (κ1) is 16.5. The molecular weight excluding hydrogens is 378 g/mol. The summed E-state index contributed by atoms with van der Waals surface area (Å²) in [6.07, 6.45) is 10.8. The Morgan fingerprint density at radius 1 is 1.00 bits per heavy atom. The lowest BCUT2D eigenvalue weighted by Gasteiger charge is -2.01. The van der Waals surface area contributed by atoms with E-state index >= 15 is 0 Å². The predicted molar refractivity (Wildman–Crippen MR) is 112 cm³/mol. The molecule has 0 unspecified atom stereocenters. The third kappa shape index (κ3) is 2.56. The summed E-state index contributed by atoms with van der Waals surface area (Å²) in [6, 6.07) is 7.85. The molecule has 6 aromatic heterocycles. The van der Waals surface area contributed by atoms with Crippen LogP contribution in [0, 0.1) is 6.92 Å². The minimum atomic E-state index is 0.627.